The summed E-state index contributed by atoms with van der Waals surface area (Å²) in [4.78, 5) is 9.07. The average molecular weight is 308 g/mol. The van der Waals surface area contributed by atoms with Crippen molar-refractivity contribution in [2.45, 2.75) is 58.4 Å². The first-order valence-corrected chi connectivity index (χ1v) is 9.18. The summed E-state index contributed by atoms with van der Waals surface area (Å²) in [6.45, 7) is 10.2. The Morgan fingerprint density at radius 3 is 2.14 bits per heavy atom. The third kappa shape index (κ3) is 3.98. The van der Waals surface area contributed by atoms with Crippen molar-refractivity contribution in [3.8, 4) is 0 Å². The molecule has 1 heterocycles. The zero-order chi connectivity index (χ0) is 15.0. The minimum atomic E-state index is 0.131. The summed E-state index contributed by atoms with van der Waals surface area (Å²) >= 11 is 1.91. The standard InChI is InChI=1S/C17H29N3S/c1-17(2,3)15-14(9-18-4)21-16(19-15)20(10-12-5-6-12)11-13-7-8-13/h12-13,18H,5-11H2,1-4H3. The van der Waals surface area contributed by atoms with Gasteiger partial charge in [-0.25, -0.2) is 4.98 Å². The van der Waals surface area contributed by atoms with Gasteiger partial charge in [0.25, 0.3) is 0 Å². The Hall–Kier alpha value is -0.610. The lowest BCUT2D eigenvalue weighted by Gasteiger charge is -2.22. The summed E-state index contributed by atoms with van der Waals surface area (Å²) < 4.78 is 0. The van der Waals surface area contributed by atoms with Crippen molar-refractivity contribution in [3.05, 3.63) is 10.6 Å². The van der Waals surface area contributed by atoms with Crippen molar-refractivity contribution in [2.75, 3.05) is 25.0 Å². The van der Waals surface area contributed by atoms with E-state index < -0.39 is 0 Å². The molecule has 0 aliphatic heterocycles. The summed E-state index contributed by atoms with van der Waals surface area (Å²) in [5.74, 6) is 1.86. The van der Waals surface area contributed by atoms with Crippen LogP contribution in [0, 0.1) is 11.8 Å². The molecule has 0 bridgehead atoms. The Kier molecular flexibility index (Phi) is 4.28. The third-order valence-electron chi connectivity index (χ3n) is 4.36. The molecule has 1 N–H and O–H groups in total. The molecule has 0 unspecified atom stereocenters. The topological polar surface area (TPSA) is 28.2 Å². The van der Waals surface area contributed by atoms with Gasteiger partial charge in [-0.15, -0.1) is 11.3 Å². The molecule has 0 aromatic carbocycles. The molecule has 2 saturated carbocycles. The Morgan fingerprint density at radius 2 is 1.71 bits per heavy atom. The zero-order valence-corrected chi connectivity index (χ0v) is 14.7. The predicted octanol–water partition coefficient (Wildman–Crippen LogP) is 3.79. The second-order valence-electron chi connectivity index (χ2n) is 7.84. The van der Waals surface area contributed by atoms with Crippen LogP contribution in [0.5, 0.6) is 0 Å². The highest BCUT2D eigenvalue weighted by atomic mass is 32.1. The first kappa shape index (κ1) is 15.3. The minimum Gasteiger partial charge on any atom is -0.348 e. The number of hydrogen-bond acceptors (Lipinski definition) is 4. The summed E-state index contributed by atoms with van der Waals surface area (Å²) in [5, 5.41) is 4.57. The van der Waals surface area contributed by atoms with Crippen molar-refractivity contribution in [1.29, 1.82) is 0 Å². The van der Waals surface area contributed by atoms with Crippen LogP contribution in [0.1, 0.15) is 57.0 Å². The fourth-order valence-electron chi connectivity index (χ4n) is 2.80. The van der Waals surface area contributed by atoms with Gasteiger partial charge in [-0.1, -0.05) is 20.8 Å². The van der Waals surface area contributed by atoms with Gasteiger partial charge in [0.1, 0.15) is 0 Å². The van der Waals surface area contributed by atoms with Crippen LogP contribution in [0.25, 0.3) is 0 Å². The monoisotopic (exact) mass is 307 g/mol. The summed E-state index contributed by atoms with van der Waals surface area (Å²) in [5.41, 5.74) is 1.42. The van der Waals surface area contributed by atoms with E-state index in [9.17, 15) is 0 Å². The number of hydrogen-bond donors (Lipinski definition) is 1. The SMILES string of the molecule is CNCc1sc(N(CC2CC2)CC2CC2)nc1C(C)(C)C. The van der Waals surface area contributed by atoms with Gasteiger partial charge in [0, 0.05) is 29.9 Å². The molecular formula is C17H29N3S. The van der Waals surface area contributed by atoms with Crippen LogP contribution in [-0.4, -0.2) is 25.1 Å². The molecule has 2 fully saturated rings. The first-order valence-electron chi connectivity index (χ1n) is 8.37. The molecule has 1 aromatic rings. The van der Waals surface area contributed by atoms with Gasteiger partial charge in [0.2, 0.25) is 0 Å². The van der Waals surface area contributed by atoms with Crippen LogP contribution in [0.3, 0.4) is 0 Å². The maximum absolute atomic E-state index is 5.07. The minimum absolute atomic E-state index is 0.131. The lowest BCUT2D eigenvalue weighted by Crippen LogP contribution is -2.28. The highest BCUT2D eigenvalue weighted by molar-refractivity contribution is 7.15. The lowest BCUT2D eigenvalue weighted by molar-refractivity contribution is 0.561. The molecule has 0 amide bonds. The number of aromatic nitrogens is 1. The van der Waals surface area contributed by atoms with Gasteiger partial charge in [0.15, 0.2) is 5.13 Å². The average Bonchev–Trinajstić information content (AvgIpc) is 3.31. The van der Waals surface area contributed by atoms with E-state index in [1.807, 2.05) is 18.4 Å². The number of nitrogens with one attached hydrogen (secondary N) is 1. The molecule has 2 aliphatic carbocycles. The molecule has 0 spiro atoms. The molecule has 3 nitrogen and oxygen atoms in total. The number of rotatable bonds is 7. The normalized spacial score (nSPS) is 19.0. The summed E-state index contributed by atoms with van der Waals surface area (Å²) in [6, 6.07) is 0. The second kappa shape index (κ2) is 5.88. The summed E-state index contributed by atoms with van der Waals surface area (Å²) in [6.07, 6.45) is 5.67. The van der Waals surface area contributed by atoms with Crippen molar-refractivity contribution < 1.29 is 0 Å². The van der Waals surface area contributed by atoms with E-state index in [-0.39, 0.29) is 5.41 Å². The molecule has 2 aliphatic rings. The number of anilines is 1. The van der Waals surface area contributed by atoms with Crippen molar-refractivity contribution in [1.82, 2.24) is 10.3 Å². The van der Waals surface area contributed by atoms with Crippen LogP contribution >= 0.6 is 11.3 Å². The number of thiazole rings is 1. The fraction of sp³-hybridized carbons (Fsp3) is 0.824. The molecule has 0 atom stereocenters. The number of nitrogens with zero attached hydrogens (tertiary/aromatic N) is 2. The van der Waals surface area contributed by atoms with E-state index in [2.05, 4.69) is 31.0 Å². The predicted molar refractivity (Wildman–Crippen MR) is 91.2 cm³/mol. The van der Waals surface area contributed by atoms with Crippen LogP contribution in [0.2, 0.25) is 0 Å². The second-order valence-corrected chi connectivity index (χ2v) is 8.90. The molecule has 4 heteroatoms. The quantitative estimate of drug-likeness (QED) is 0.831. The highest BCUT2D eigenvalue weighted by Crippen LogP contribution is 2.39. The Balaban J connectivity index is 1.83. The van der Waals surface area contributed by atoms with Crippen molar-refractivity contribution in [3.63, 3.8) is 0 Å². The lowest BCUT2D eigenvalue weighted by atomic mass is 9.91. The van der Waals surface area contributed by atoms with E-state index in [1.54, 1.807) is 0 Å². The van der Waals surface area contributed by atoms with E-state index in [0.29, 0.717) is 0 Å². The Labute approximate surface area is 133 Å². The van der Waals surface area contributed by atoms with Gasteiger partial charge in [0.05, 0.1) is 5.69 Å². The molecule has 118 valence electrons. The van der Waals surface area contributed by atoms with Crippen LogP contribution in [0.4, 0.5) is 5.13 Å². The van der Waals surface area contributed by atoms with Gasteiger partial charge < -0.3 is 10.2 Å². The third-order valence-corrected chi connectivity index (χ3v) is 5.47. The molecular weight excluding hydrogens is 278 g/mol. The molecule has 21 heavy (non-hydrogen) atoms. The Bertz CT molecular complexity index is 467. The molecule has 0 radical (unpaired) electrons. The van der Waals surface area contributed by atoms with E-state index in [0.717, 1.165) is 18.4 Å². The van der Waals surface area contributed by atoms with Gasteiger partial charge in [-0.3, -0.25) is 0 Å². The van der Waals surface area contributed by atoms with Gasteiger partial charge in [-0.2, -0.15) is 0 Å². The fourth-order valence-corrected chi connectivity index (χ4v) is 4.10. The van der Waals surface area contributed by atoms with E-state index in [1.165, 1.54) is 54.5 Å². The maximum atomic E-state index is 5.07. The van der Waals surface area contributed by atoms with Crippen LogP contribution in [-0.2, 0) is 12.0 Å². The van der Waals surface area contributed by atoms with Gasteiger partial charge in [-0.05, 0) is 44.6 Å². The maximum Gasteiger partial charge on any atom is 0.185 e. The smallest absolute Gasteiger partial charge is 0.185 e. The van der Waals surface area contributed by atoms with Crippen LogP contribution < -0.4 is 10.2 Å². The van der Waals surface area contributed by atoms with Gasteiger partial charge >= 0.3 is 0 Å². The van der Waals surface area contributed by atoms with Crippen LogP contribution in [0.15, 0.2) is 0 Å². The first-order chi connectivity index (χ1) is 9.97. The molecule has 1 aromatic heterocycles. The zero-order valence-electron chi connectivity index (χ0n) is 13.9. The Morgan fingerprint density at radius 1 is 1.14 bits per heavy atom. The molecule has 3 rings (SSSR count). The van der Waals surface area contributed by atoms with E-state index in [4.69, 9.17) is 4.98 Å². The van der Waals surface area contributed by atoms with E-state index >= 15 is 0 Å². The summed E-state index contributed by atoms with van der Waals surface area (Å²) in [7, 11) is 2.03. The van der Waals surface area contributed by atoms with Crippen molar-refractivity contribution >= 4 is 16.5 Å². The largest absolute Gasteiger partial charge is 0.348 e. The molecule has 0 saturated heterocycles. The van der Waals surface area contributed by atoms with Crippen molar-refractivity contribution in [2.24, 2.45) is 11.8 Å². The highest BCUT2D eigenvalue weighted by Gasteiger charge is 2.32.